The standard InChI is InChI=1S/C8H11N7S/c1-3-5-6(9)10-4-11-7(5)16-8-12-13-14-15(8)2/h4H,3H2,1-2H3,(H2,9,10,11). The molecule has 0 unspecified atom stereocenters. The van der Waals surface area contributed by atoms with Gasteiger partial charge in [0.2, 0.25) is 5.16 Å². The van der Waals surface area contributed by atoms with Gasteiger partial charge in [0.1, 0.15) is 17.2 Å². The zero-order valence-electron chi connectivity index (χ0n) is 8.95. The number of rotatable bonds is 3. The summed E-state index contributed by atoms with van der Waals surface area (Å²) in [7, 11) is 1.78. The number of anilines is 1. The third-order valence-corrected chi connectivity index (χ3v) is 3.14. The predicted molar refractivity (Wildman–Crippen MR) is 58.7 cm³/mol. The predicted octanol–water partition coefficient (Wildman–Crippen LogP) is 0.296. The highest BCUT2D eigenvalue weighted by molar-refractivity contribution is 7.99. The molecule has 0 bridgehead atoms. The molecule has 0 aliphatic carbocycles. The Morgan fingerprint density at radius 3 is 2.88 bits per heavy atom. The quantitative estimate of drug-likeness (QED) is 0.767. The van der Waals surface area contributed by atoms with E-state index < -0.39 is 0 Å². The molecule has 0 aromatic carbocycles. The topological polar surface area (TPSA) is 95.4 Å². The molecule has 0 saturated heterocycles. The van der Waals surface area contributed by atoms with Crippen LogP contribution in [0.2, 0.25) is 0 Å². The number of aryl methyl sites for hydroxylation is 1. The second kappa shape index (κ2) is 4.44. The van der Waals surface area contributed by atoms with Crippen LogP contribution in [0.5, 0.6) is 0 Å². The second-order valence-corrected chi connectivity index (χ2v) is 4.04. The van der Waals surface area contributed by atoms with E-state index in [-0.39, 0.29) is 0 Å². The van der Waals surface area contributed by atoms with Crippen molar-refractivity contribution in [2.75, 3.05) is 5.73 Å². The molecular weight excluding hydrogens is 226 g/mol. The molecule has 0 aliphatic rings. The van der Waals surface area contributed by atoms with Crippen molar-refractivity contribution in [3.8, 4) is 0 Å². The van der Waals surface area contributed by atoms with E-state index >= 15 is 0 Å². The average Bonchev–Trinajstić information content (AvgIpc) is 2.65. The molecule has 2 aromatic heterocycles. The van der Waals surface area contributed by atoms with Crippen molar-refractivity contribution < 1.29 is 0 Å². The Kier molecular flexibility index (Phi) is 3.00. The lowest BCUT2D eigenvalue weighted by Crippen LogP contribution is -2.01. The Hall–Kier alpha value is -1.70. The van der Waals surface area contributed by atoms with Crippen LogP contribution in [-0.2, 0) is 13.5 Å². The van der Waals surface area contributed by atoms with Gasteiger partial charge in [0, 0.05) is 12.6 Å². The van der Waals surface area contributed by atoms with Crippen LogP contribution < -0.4 is 5.73 Å². The largest absolute Gasteiger partial charge is 0.383 e. The number of aromatic nitrogens is 6. The van der Waals surface area contributed by atoms with Crippen molar-refractivity contribution in [3.63, 3.8) is 0 Å². The highest BCUT2D eigenvalue weighted by Gasteiger charge is 2.12. The first-order valence-electron chi connectivity index (χ1n) is 4.72. The molecule has 2 N–H and O–H groups in total. The van der Waals surface area contributed by atoms with E-state index in [1.165, 1.54) is 18.1 Å². The lowest BCUT2D eigenvalue weighted by Gasteiger charge is -2.06. The first kappa shape index (κ1) is 10.8. The lowest BCUT2D eigenvalue weighted by atomic mass is 10.2. The molecular formula is C8H11N7S. The summed E-state index contributed by atoms with van der Waals surface area (Å²) in [6.07, 6.45) is 2.22. The van der Waals surface area contributed by atoms with Crippen LogP contribution in [0, 0.1) is 0 Å². The van der Waals surface area contributed by atoms with Crippen molar-refractivity contribution in [1.82, 2.24) is 30.2 Å². The van der Waals surface area contributed by atoms with Gasteiger partial charge in [-0.3, -0.25) is 0 Å². The lowest BCUT2D eigenvalue weighted by molar-refractivity contribution is 0.664. The van der Waals surface area contributed by atoms with Crippen LogP contribution in [0.3, 0.4) is 0 Å². The van der Waals surface area contributed by atoms with Gasteiger partial charge in [0.15, 0.2) is 0 Å². The van der Waals surface area contributed by atoms with E-state index in [4.69, 9.17) is 5.73 Å². The van der Waals surface area contributed by atoms with Gasteiger partial charge in [-0.15, -0.1) is 5.10 Å². The molecule has 0 saturated carbocycles. The van der Waals surface area contributed by atoms with Gasteiger partial charge in [-0.25, -0.2) is 14.6 Å². The van der Waals surface area contributed by atoms with Crippen LogP contribution in [0.1, 0.15) is 12.5 Å². The van der Waals surface area contributed by atoms with Crippen molar-refractivity contribution in [2.45, 2.75) is 23.5 Å². The van der Waals surface area contributed by atoms with Gasteiger partial charge < -0.3 is 5.73 Å². The number of hydrogen-bond acceptors (Lipinski definition) is 7. The minimum Gasteiger partial charge on any atom is -0.383 e. The van der Waals surface area contributed by atoms with Crippen molar-refractivity contribution in [1.29, 1.82) is 0 Å². The first-order chi connectivity index (χ1) is 7.72. The van der Waals surface area contributed by atoms with E-state index in [9.17, 15) is 0 Å². The van der Waals surface area contributed by atoms with Crippen LogP contribution in [0.4, 0.5) is 5.82 Å². The minimum absolute atomic E-state index is 0.509. The molecule has 0 fully saturated rings. The summed E-state index contributed by atoms with van der Waals surface area (Å²) in [5.41, 5.74) is 6.70. The van der Waals surface area contributed by atoms with Crippen molar-refractivity contribution >= 4 is 17.6 Å². The van der Waals surface area contributed by atoms with Crippen molar-refractivity contribution in [3.05, 3.63) is 11.9 Å². The zero-order valence-corrected chi connectivity index (χ0v) is 9.77. The maximum absolute atomic E-state index is 5.78. The van der Waals surface area contributed by atoms with E-state index in [2.05, 4.69) is 25.5 Å². The monoisotopic (exact) mass is 237 g/mol. The Morgan fingerprint density at radius 2 is 2.25 bits per heavy atom. The molecule has 2 heterocycles. The highest BCUT2D eigenvalue weighted by atomic mass is 32.2. The Morgan fingerprint density at radius 1 is 1.44 bits per heavy atom. The fourth-order valence-electron chi connectivity index (χ4n) is 1.22. The average molecular weight is 237 g/mol. The Balaban J connectivity index is 2.35. The summed E-state index contributed by atoms with van der Waals surface area (Å²) in [4.78, 5) is 8.15. The highest BCUT2D eigenvalue weighted by Crippen LogP contribution is 2.28. The van der Waals surface area contributed by atoms with Crippen LogP contribution in [0.15, 0.2) is 16.5 Å². The van der Waals surface area contributed by atoms with Gasteiger partial charge >= 0.3 is 0 Å². The zero-order chi connectivity index (χ0) is 11.5. The van der Waals surface area contributed by atoms with Crippen LogP contribution in [-0.4, -0.2) is 30.2 Å². The minimum atomic E-state index is 0.509. The second-order valence-electron chi connectivity index (χ2n) is 3.08. The fraction of sp³-hybridized carbons (Fsp3) is 0.375. The smallest absolute Gasteiger partial charge is 0.215 e. The third-order valence-electron chi connectivity index (χ3n) is 2.06. The summed E-state index contributed by atoms with van der Waals surface area (Å²) >= 11 is 1.38. The number of tetrazole rings is 1. The molecule has 0 amide bonds. The summed E-state index contributed by atoms with van der Waals surface area (Å²) in [5, 5.41) is 12.7. The van der Waals surface area contributed by atoms with Gasteiger partial charge in [-0.05, 0) is 28.6 Å². The van der Waals surface area contributed by atoms with Gasteiger partial charge in [0.25, 0.3) is 0 Å². The first-order valence-corrected chi connectivity index (χ1v) is 5.53. The summed E-state index contributed by atoms with van der Waals surface area (Å²) < 4.78 is 1.59. The molecule has 0 spiro atoms. The van der Waals surface area contributed by atoms with E-state index in [0.717, 1.165) is 17.0 Å². The molecule has 7 nitrogen and oxygen atoms in total. The van der Waals surface area contributed by atoms with Gasteiger partial charge in [0.05, 0.1) is 0 Å². The molecule has 2 rings (SSSR count). The van der Waals surface area contributed by atoms with Crippen LogP contribution >= 0.6 is 11.8 Å². The maximum atomic E-state index is 5.78. The van der Waals surface area contributed by atoms with Crippen LogP contribution in [0.25, 0.3) is 0 Å². The Labute approximate surface area is 96.5 Å². The summed E-state index contributed by atoms with van der Waals surface area (Å²) in [5.74, 6) is 0.509. The normalized spacial score (nSPS) is 10.6. The molecule has 8 heteroatoms. The molecule has 0 aliphatic heterocycles. The fourth-order valence-corrected chi connectivity index (χ4v) is 2.11. The number of nitrogen functional groups attached to an aromatic ring is 1. The molecule has 0 atom stereocenters. The number of hydrogen-bond donors (Lipinski definition) is 1. The van der Waals surface area contributed by atoms with Crippen molar-refractivity contribution in [2.24, 2.45) is 7.05 Å². The summed E-state index contributed by atoms with van der Waals surface area (Å²) in [6.45, 7) is 2.01. The van der Waals surface area contributed by atoms with E-state index in [1.807, 2.05) is 6.92 Å². The van der Waals surface area contributed by atoms with E-state index in [1.54, 1.807) is 11.7 Å². The van der Waals surface area contributed by atoms with Gasteiger partial charge in [-0.2, -0.15) is 0 Å². The SMILES string of the molecule is CCc1c(N)ncnc1Sc1nnnn1C. The summed E-state index contributed by atoms with van der Waals surface area (Å²) in [6, 6.07) is 0. The third kappa shape index (κ3) is 1.96. The molecule has 0 radical (unpaired) electrons. The molecule has 84 valence electrons. The number of nitrogens with two attached hydrogens (primary N) is 1. The number of nitrogens with zero attached hydrogens (tertiary/aromatic N) is 6. The molecule has 16 heavy (non-hydrogen) atoms. The Bertz CT molecular complexity index is 495. The van der Waals surface area contributed by atoms with Gasteiger partial charge in [-0.1, -0.05) is 6.92 Å². The van der Waals surface area contributed by atoms with E-state index in [0.29, 0.717) is 11.0 Å². The molecule has 2 aromatic rings. The maximum Gasteiger partial charge on any atom is 0.215 e.